The van der Waals surface area contributed by atoms with Gasteiger partial charge in [0.2, 0.25) is 0 Å². The molecule has 0 saturated carbocycles. The van der Waals surface area contributed by atoms with E-state index in [1.807, 2.05) is 0 Å². The molecule has 110 valence electrons. The van der Waals surface area contributed by atoms with Gasteiger partial charge in [0.25, 0.3) is 0 Å². The molecular weight excluding hydrogens is 283 g/mol. The van der Waals surface area contributed by atoms with Gasteiger partial charge in [0.1, 0.15) is 0 Å². The van der Waals surface area contributed by atoms with Gasteiger partial charge in [-0.25, -0.2) is 4.79 Å². The Morgan fingerprint density at radius 2 is 1.86 bits per heavy atom. The number of nitrogens with one attached hydrogen (secondary N) is 1. The molecule has 0 spiro atoms. The van der Waals surface area contributed by atoms with E-state index in [9.17, 15) is 18.0 Å². The monoisotopic (exact) mass is 295 g/mol. The van der Waals surface area contributed by atoms with E-state index in [4.69, 9.17) is 5.11 Å². The third kappa shape index (κ3) is 3.53. The molecule has 2 aromatic carbocycles. The summed E-state index contributed by atoms with van der Waals surface area (Å²) in [5, 5.41) is 11.8. The van der Waals surface area contributed by atoms with Gasteiger partial charge in [-0.05, 0) is 42.8 Å². The molecular formula is C15H12F3NO2. The summed E-state index contributed by atoms with van der Waals surface area (Å²) in [5.74, 6) is -1.15. The van der Waals surface area contributed by atoms with E-state index < -0.39 is 17.7 Å². The molecule has 0 radical (unpaired) electrons. The number of anilines is 2. The van der Waals surface area contributed by atoms with Crippen molar-refractivity contribution in [2.45, 2.75) is 13.1 Å². The molecule has 0 heterocycles. The first-order chi connectivity index (χ1) is 9.77. The van der Waals surface area contributed by atoms with E-state index in [1.165, 1.54) is 18.2 Å². The number of carbonyl (C=O) groups is 1. The lowest BCUT2D eigenvalue weighted by atomic mass is 10.1. The average Bonchev–Trinajstić information content (AvgIpc) is 2.37. The van der Waals surface area contributed by atoms with Gasteiger partial charge in [0.05, 0.1) is 16.8 Å². The van der Waals surface area contributed by atoms with Crippen LogP contribution in [-0.4, -0.2) is 11.1 Å². The van der Waals surface area contributed by atoms with Crippen molar-refractivity contribution < 1.29 is 23.1 Å². The maximum Gasteiger partial charge on any atom is 0.416 e. The second kappa shape index (κ2) is 5.47. The fraction of sp³-hybridized carbons (Fsp3) is 0.133. The van der Waals surface area contributed by atoms with Crippen molar-refractivity contribution in [3.63, 3.8) is 0 Å². The lowest BCUT2D eigenvalue weighted by molar-refractivity contribution is -0.137. The van der Waals surface area contributed by atoms with E-state index in [0.717, 1.165) is 17.7 Å². The number of carboxylic acids is 1. The number of aromatic carboxylic acids is 1. The number of alkyl halides is 3. The van der Waals surface area contributed by atoms with Gasteiger partial charge >= 0.3 is 12.1 Å². The zero-order valence-electron chi connectivity index (χ0n) is 11.0. The lowest BCUT2D eigenvalue weighted by Crippen LogP contribution is -2.06. The zero-order chi connectivity index (χ0) is 15.6. The summed E-state index contributed by atoms with van der Waals surface area (Å²) in [6.07, 6.45) is -4.44. The lowest BCUT2D eigenvalue weighted by Gasteiger charge is -2.13. The molecule has 0 aliphatic rings. The molecule has 0 bridgehead atoms. The summed E-state index contributed by atoms with van der Waals surface area (Å²) in [6.45, 7) is 1.77. The molecule has 0 amide bonds. The van der Waals surface area contributed by atoms with E-state index in [0.29, 0.717) is 0 Å². The van der Waals surface area contributed by atoms with Gasteiger partial charge in [-0.3, -0.25) is 0 Å². The Hall–Kier alpha value is -2.50. The molecule has 2 N–H and O–H groups in total. The van der Waals surface area contributed by atoms with Crippen LogP contribution in [-0.2, 0) is 6.18 Å². The normalized spacial score (nSPS) is 11.2. The highest BCUT2D eigenvalue weighted by molar-refractivity contribution is 5.95. The summed E-state index contributed by atoms with van der Waals surface area (Å²) in [6, 6.07) is 9.22. The first kappa shape index (κ1) is 14.9. The highest BCUT2D eigenvalue weighted by Crippen LogP contribution is 2.32. The Balaban J connectivity index is 2.39. The molecule has 2 rings (SSSR count). The van der Waals surface area contributed by atoms with Crippen molar-refractivity contribution >= 4 is 17.3 Å². The first-order valence-electron chi connectivity index (χ1n) is 6.05. The Kier molecular flexibility index (Phi) is 3.88. The van der Waals surface area contributed by atoms with Crippen LogP contribution in [0.25, 0.3) is 0 Å². The number of benzene rings is 2. The second-order valence-electron chi connectivity index (χ2n) is 4.56. The molecule has 0 atom stereocenters. The second-order valence-corrected chi connectivity index (χ2v) is 4.56. The van der Waals surface area contributed by atoms with Crippen molar-refractivity contribution in [3.05, 3.63) is 59.2 Å². The topological polar surface area (TPSA) is 49.3 Å². The fourth-order valence-corrected chi connectivity index (χ4v) is 1.88. The maximum atomic E-state index is 12.7. The summed E-state index contributed by atoms with van der Waals surface area (Å²) in [4.78, 5) is 11.1. The number of aryl methyl sites for hydroxylation is 1. The number of hydrogen-bond acceptors (Lipinski definition) is 2. The molecule has 0 aliphatic heterocycles. The highest BCUT2D eigenvalue weighted by Gasteiger charge is 2.30. The van der Waals surface area contributed by atoms with Crippen LogP contribution in [0.2, 0.25) is 0 Å². The largest absolute Gasteiger partial charge is 0.478 e. The average molecular weight is 295 g/mol. The van der Waals surface area contributed by atoms with Gasteiger partial charge < -0.3 is 10.4 Å². The molecule has 0 unspecified atom stereocenters. The maximum absolute atomic E-state index is 12.7. The molecule has 0 fully saturated rings. The summed E-state index contributed by atoms with van der Waals surface area (Å²) < 4.78 is 38.0. The van der Waals surface area contributed by atoms with Gasteiger partial charge in [-0.2, -0.15) is 13.2 Å². The minimum Gasteiger partial charge on any atom is -0.478 e. The standard InChI is InChI=1S/C15H12F3NO2/c1-9-5-6-12(14(20)21)13(7-9)19-11-4-2-3-10(8-11)15(16,17)18/h2-8,19H,1H3,(H,20,21). The quantitative estimate of drug-likeness (QED) is 0.879. The first-order valence-corrected chi connectivity index (χ1v) is 6.05. The molecule has 3 nitrogen and oxygen atoms in total. The van der Waals surface area contributed by atoms with Gasteiger partial charge in [0, 0.05) is 5.69 Å². The molecule has 0 aromatic heterocycles. The van der Waals surface area contributed by atoms with Crippen LogP contribution in [0, 0.1) is 6.92 Å². The Morgan fingerprint density at radius 3 is 2.48 bits per heavy atom. The van der Waals surface area contributed by atoms with Crippen LogP contribution in [0.4, 0.5) is 24.5 Å². The Labute approximate surface area is 119 Å². The van der Waals surface area contributed by atoms with E-state index in [2.05, 4.69) is 5.32 Å². The summed E-state index contributed by atoms with van der Waals surface area (Å²) in [5.41, 5.74) is 0.435. The Bertz CT molecular complexity index is 681. The van der Waals surface area contributed by atoms with Crippen molar-refractivity contribution in [1.82, 2.24) is 0 Å². The predicted octanol–water partition coefficient (Wildman–Crippen LogP) is 4.46. The summed E-state index contributed by atoms with van der Waals surface area (Å²) in [7, 11) is 0. The minimum absolute atomic E-state index is 0.00184. The van der Waals surface area contributed by atoms with Crippen molar-refractivity contribution in [3.8, 4) is 0 Å². The number of hydrogen-bond donors (Lipinski definition) is 2. The van der Waals surface area contributed by atoms with Crippen LogP contribution < -0.4 is 5.32 Å². The van der Waals surface area contributed by atoms with Crippen molar-refractivity contribution in [2.24, 2.45) is 0 Å². The smallest absolute Gasteiger partial charge is 0.416 e. The Morgan fingerprint density at radius 1 is 1.14 bits per heavy atom. The number of rotatable bonds is 3. The van der Waals surface area contributed by atoms with Crippen molar-refractivity contribution in [1.29, 1.82) is 0 Å². The van der Waals surface area contributed by atoms with Crippen LogP contribution in [0.5, 0.6) is 0 Å². The van der Waals surface area contributed by atoms with Gasteiger partial charge in [0.15, 0.2) is 0 Å². The van der Waals surface area contributed by atoms with Crippen LogP contribution in [0.1, 0.15) is 21.5 Å². The molecule has 0 aliphatic carbocycles. The molecule has 0 saturated heterocycles. The third-order valence-electron chi connectivity index (χ3n) is 2.87. The predicted molar refractivity (Wildman–Crippen MR) is 72.9 cm³/mol. The highest BCUT2D eigenvalue weighted by atomic mass is 19.4. The van der Waals surface area contributed by atoms with Crippen LogP contribution in [0.15, 0.2) is 42.5 Å². The van der Waals surface area contributed by atoms with Gasteiger partial charge in [-0.15, -0.1) is 0 Å². The number of carboxylic acid groups (broad SMARTS) is 1. The zero-order valence-corrected chi connectivity index (χ0v) is 11.0. The fourth-order valence-electron chi connectivity index (χ4n) is 1.88. The molecule has 2 aromatic rings. The molecule has 21 heavy (non-hydrogen) atoms. The van der Waals surface area contributed by atoms with Crippen LogP contribution in [0.3, 0.4) is 0 Å². The van der Waals surface area contributed by atoms with Gasteiger partial charge in [-0.1, -0.05) is 12.1 Å². The minimum atomic E-state index is -4.44. The third-order valence-corrected chi connectivity index (χ3v) is 2.87. The van der Waals surface area contributed by atoms with E-state index in [1.54, 1.807) is 19.1 Å². The number of halogens is 3. The van der Waals surface area contributed by atoms with E-state index in [-0.39, 0.29) is 16.9 Å². The van der Waals surface area contributed by atoms with E-state index >= 15 is 0 Å². The van der Waals surface area contributed by atoms with Crippen LogP contribution >= 0.6 is 0 Å². The summed E-state index contributed by atoms with van der Waals surface area (Å²) >= 11 is 0. The molecule has 6 heteroatoms. The van der Waals surface area contributed by atoms with Crippen molar-refractivity contribution in [2.75, 3.05) is 5.32 Å². The SMILES string of the molecule is Cc1ccc(C(=O)O)c(Nc2cccc(C(F)(F)F)c2)c1.